The third-order valence-electron chi connectivity index (χ3n) is 10.3. The molecule has 40 heavy (non-hydrogen) atoms. The largest absolute Gasteiger partial charge is 0.361 e. The monoisotopic (exact) mass is 535 g/mol. The minimum atomic E-state index is 0.0247. The molecule has 208 valence electrons. The van der Waals surface area contributed by atoms with Gasteiger partial charge in [0, 0.05) is 53.8 Å². The lowest BCUT2D eigenvalue weighted by Crippen LogP contribution is -2.48. The summed E-state index contributed by atoms with van der Waals surface area (Å²) in [6.07, 6.45) is 11.1. The molecule has 7 rings (SSSR count). The predicted molar refractivity (Wildman–Crippen MR) is 158 cm³/mol. The van der Waals surface area contributed by atoms with Crippen molar-refractivity contribution >= 4 is 16.8 Å². The zero-order valence-corrected chi connectivity index (χ0v) is 23.6. The number of amides is 1. The SMILES string of the molecule is Cc1cc(C2CC2)c(CN2CCC3(CC(C#N)C3)CC2c2ccc(C(=O)N[C@@H]3CCCNC3)cc2)c2cc[nH]c12. The highest BCUT2D eigenvalue weighted by Gasteiger charge is 2.49. The quantitative estimate of drug-likeness (QED) is 0.357. The molecule has 2 saturated heterocycles. The van der Waals surface area contributed by atoms with E-state index in [-0.39, 0.29) is 29.3 Å². The first-order chi connectivity index (χ1) is 19.5. The normalized spacial score (nSPS) is 28.8. The number of nitriles is 1. The molecule has 2 saturated carbocycles. The van der Waals surface area contributed by atoms with E-state index in [1.165, 1.54) is 46.9 Å². The summed E-state index contributed by atoms with van der Waals surface area (Å²) in [6.45, 7) is 6.11. The van der Waals surface area contributed by atoms with Crippen LogP contribution in [0.5, 0.6) is 0 Å². The minimum Gasteiger partial charge on any atom is -0.361 e. The number of hydrogen-bond acceptors (Lipinski definition) is 4. The fraction of sp³-hybridized carbons (Fsp3) is 0.529. The maximum absolute atomic E-state index is 13.0. The fourth-order valence-corrected chi connectivity index (χ4v) is 7.88. The second kappa shape index (κ2) is 10.4. The van der Waals surface area contributed by atoms with Crippen LogP contribution in [0.3, 0.4) is 0 Å². The summed E-state index contributed by atoms with van der Waals surface area (Å²) in [5.74, 6) is 0.935. The van der Waals surface area contributed by atoms with E-state index in [9.17, 15) is 10.1 Å². The van der Waals surface area contributed by atoms with Gasteiger partial charge in [-0.1, -0.05) is 18.2 Å². The summed E-state index contributed by atoms with van der Waals surface area (Å²) in [5, 5.41) is 17.5. The summed E-state index contributed by atoms with van der Waals surface area (Å²) in [5.41, 5.74) is 7.95. The van der Waals surface area contributed by atoms with Crippen molar-refractivity contribution in [3.05, 3.63) is 70.4 Å². The number of nitrogens with one attached hydrogen (secondary N) is 3. The van der Waals surface area contributed by atoms with E-state index in [1.807, 2.05) is 12.1 Å². The standard InChI is InChI=1S/C34H41N5O/c1-22-15-29(24-4-5-24)30(28-10-13-37-32(22)28)21-39-14-11-34(16-23(17-34)19-35)18-31(39)25-6-8-26(9-7-25)33(40)38-27-3-2-12-36-20-27/h6-10,13,15,23-24,27,31,36-37H,2-5,11-12,14,16-18,20-21H2,1H3,(H,38,40)/t23?,27-,31?,34?/m1/s1. The van der Waals surface area contributed by atoms with Crippen molar-refractivity contribution in [2.24, 2.45) is 11.3 Å². The van der Waals surface area contributed by atoms with E-state index >= 15 is 0 Å². The number of aryl methyl sites for hydroxylation is 1. The van der Waals surface area contributed by atoms with E-state index in [2.05, 4.69) is 64.0 Å². The van der Waals surface area contributed by atoms with Crippen molar-refractivity contribution in [3.63, 3.8) is 0 Å². The van der Waals surface area contributed by atoms with Crippen molar-refractivity contribution in [1.82, 2.24) is 20.5 Å². The zero-order valence-electron chi connectivity index (χ0n) is 23.6. The minimum absolute atomic E-state index is 0.0247. The first-order valence-corrected chi connectivity index (χ1v) is 15.4. The van der Waals surface area contributed by atoms with Crippen molar-refractivity contribution < 1.29 is 4.79 Å². The number of hydrogen-bond donors (Lipinski definition) is 3. The highest BCUT2D eigenvalue weighted by molar-refractivity contribution is 5.94. The van der Waals surface area contributed by atoms with Crippen molar-refractivity contribution in [2.45, 2.75) is 82.8 Å². The third-order valence-corrected chi connectivity index (χ3v) is 10.3. The third kappa shape index (κ3) is 4.84. The summed E-state index contributed by atoms with van der Waals surface area (Å²) in [6, 6.07) is 16.1. The Bertz CT molecular complexity index is 1430. The van der Waals surface area contributed by atoms with E-state index in [4.69, 9.17) is 0 Å². The summed E-state index contributed by atoms with van der Waals surface area (Å²) >= 11 is 0. The van der Waals surface area contributed by atoms with Gasteiger partial charge in [0.05, 0.1) is 6.07 Å². The molecule has 2 aliphatic heterocycles. The van der Waals surface area contributed by atoms with Crippen LogP contribution in [0, 0.1) is 29.6 Å². The summed E-state index contributed by atoms with van der Waals surface area (Å²) in [7, 11) is 0. The number of aromatic amines is 1. The highest BCUT2D eigenvalue weighted by Crippen LogP contribution is 2.57. The molecule has 2 aromatic carbocycles. The van der Waals surface area contributed by atoms with Gasteiger partial charge in [0.1, 0.15) is 0 Å². The maximum atomic E-state index is 13.0. The predicted octanol–water partition coefficient (Wildman–Crippen LogP) is 6.09. The molecule has 4 fully saturated rings. The molecular weight excluding hydrogens is 494 g/mol. The Morgan fingerprint density at radius 2 is 1.98 bits per heavy atom. The summed E-state index contributed by atoms with van der Waals surface area (Å²) < 4.78 is 0. The average Bonchev–Trinajstić information content (AvgIpc) is 3.69. The fourth-order valence-electron chi connectivity index (χ4n) is 7.88. The molecule has 0 bridgehead atoms. The lowest BCUT2D eigenvalue weighted by Gasteiger charge is -2.53. The van der Waals surface area contributed by atoms with E-state index in [1.54, 1.807) is 5.56 Å². The second-order valence-electron chi connectivity index (χ2n) is 13.1. The lowest BCUT2D eigenvalue weighted by atomic mass is 9.56. The van der Waals surface area contributed by atoms with Gasteiger partial charge in [-0.25, -0.2) is 0 Å². The smallest absolute Gasteiger partial charge is 0.251 e. The number of carbonyl (C=O) groups is 1. The van der Waals surface area contributed by atoms with Crippen LogP contribution >= 0.6 is 0 Å². The number of nitrogens with zero attached hydrogens (tertiary/aromatic N) is 2. The van der Waals surface area contributed by atoms with E-state index in [0.29, 0.717) is 5.92 Å². The molecule has 2 aliphatic carbocycles. The zero-order chi connectivity index (χ0) is 27.3. The van der Waals surface area contributed by atoms with Gasteiger partial charge in [-0.15, -0.1) is 0 Å². The molecule has 6 heteroatoms. The Kier molecular flexibility index (Phi) is 6.68. The second-order valence-corrected chi connectivity index (χ2v) is 13.1. The molecule has 0 radical (unpaired) electrons. The van der Waals surface area contributed by atoms with Crippen molar-refractivity contribution in [3.8, 4) is 6.07 Å². The molecule has 1 amide bonds. The Labute approximate surface area is 237 Å². The van der Waals surface area contributed by atoms with Crippen LogP contribution in [0.4, 0.5) is 0 Å². The molecule has 4 aliphatic rings. The Hall–Kier alpha value is -3.14. The van der Waals surface area contributed by atoms with E-state index in [0.717, 1.165) is 63.8 Å². The van der Waals surface area contributed by atoms with Crippen LogP contribution in [-0.4, -0.2) is 41.5 Å². The van der Waals surface area contributed by atoms with Gasteiger partial charge >= 0.3 is 0 Å². The number of carbonyl (C=O) groups excluding carboxylic acids is 1. The molecule has 3 heterocycles. The van der Waals surface area contributed by atoms with Crippen LogP contribution < -0.4 is 10.6 Å². The van der Waals surface area contributed by atoms with Crippen molar-refractivity contribution in [2.75, 3.05) is 19.6 Å². The number of H-pyrrole nitrogens is 1. The van der Waals surface area contributed by atoms with Gasteiger partial charge in [-0.05, 0) is 123 Å². The molecule has 1 unspecified atom stereocenters. The van der Waals surface area contributed by atoms with Crippen LogP contribution in [0.2, 0.25) is 0 Å². The summed E-state index contributed by atoms with van der Waals surface area (Å²) in [4.78, 5) is 19.2. The first kappa shape index (κ1) is 25.8. The highest BCUT2D eigenvalue weighted by atomic mass is 16.1. The van der Waals surface area contributed by atoms with Crippen LogP contribution in [0.1, 0.15) is 95.9 Å². The molecule has 3 N–H and O–H groups in total. The number of rotatable bonds is 6. The van der Waals surface area contributed by atoms with Crippen LogP contribution in [-0.2, 0) is 6.54 Å². The Balaban J connectivity index is 1.16. The van der Waals surface area contributed by atoms with Gasteiger partial charge in [-0.2, -0.15) is 5.26 Å². The van der Waals surface area contributed by atoms with E-state index < -0.39 is 0 Å². The Morgan fingerprint density at radius 3 is 2.70 bits per heavy atom. The molecular formula is C34H41N5O. The van der Waals surface area contributed by atoms with Crippen molar-refractivity contribution in [1.29, 1.82) is 5.26 Å². The van der Waals surface area contributed by atoms with Gasteiger partial charge in [0.25, 0.3) is 5.91 Å². The lowest BCUT2D eigenvalue weighted by molar-refractivity contribution is -0.0297. The van der Waals surface area contributed by atoms with Crippen LogP contribution in [0.15, 0.2) is 42.6 Å². The Morgan fingerprint density at radius 1 is 1.15 bits per heavy atom. The molecule has 1 aromatic heterocycles. The number of likely N-dealkylation sites (tertiary alicyclic amines) is 1. The van der Waals surface area contributed by atoms with Gasteiger partial charge in [0.15, 0.2) is 0 Å². The molecule has 2 atom stereocenters. The van der Waals surface area contributed by atoms with Crippen LogP contribution in [0.25, 0.3) is 10.9 Å². The van der Waals surface area contributed by atoms with Gasteiger partial charge in [0.2, 0.25) is 0 Å². The maximum Gasteiger partial charge on any atom is 0.251 e. The number of piperidine rings is 2. The number of benzene rings is 2. The first-order valence-electron chi connectivity index (χ1n) is 15.4. The molecule has 1 spiro atoms. The number of fused-ring (bicyclic) bond motifs is 1. The average molecular weight is 536 g/mol. The topological polar surface area (TPSA) is 83.9 Å². The van der Waals surface area contributed by atoms with Gasteiger partial charge < -0.3 is 15.6 Å². The molecule has 6 nitrogen and oxygen atoms in total. The number of aromatic nitrogens is 1. The molecule has 3 aromatic rings. The van der Waals surface area contributed by atoms with Gasteiger partial charge in [-0.3, -0.25) is 9.69 Å².